The number of ether oxygens (including phenoxy) is 1. The van der Waals surface area contributed by atoms with E-state index in [2.05, 4.69) is 10.1 Å². The van der Waals surface area contributed by atoms with Crippen LogP contribution < -0.4 is 9.54 Å². The molecule has 26 heavy (non-hydrogen) atoms. The van der Waals surface area contributed by atoms with Gasteiger partial charge in [0.1, 0.15) is 17.2 Å². The Bertz CT molecular complexity index is 988. The fraction of sp³-hybridized carbons (Fsp3) is 0.158. The van der Waals surface area contributed by atoms with Gasteiger partial charge in [-0.3, -0.25) is 4.99 Å². The predicted molar refractivity (Wildman–Crippen MR) is 103 cm³/mol. The Hall–Kier alpha value is -3.06. The van der Waals surface area contributed by atoms with Crippen LogP contribution in [0, 0.1) is 0 Å². The Morgan fingerprint density at radius 1 is 1.15 bits per heavy atom. The van der Waals surface area contributed by atoms with Crippen molar-refractivity contribution in [3.05, 3.63) is 58.2 Å². The highest BCUT2D eigenvalue weighted by molar-refractivity contribution is 7.07. The lowest BCUT2D eigenvalue weighted by Crippen LogP contribution is -2.11. The maximum Gasteiger partial charge on any atom is 0.205 e. The summed E-state index contributed by atoms with van der Waals surface area (Å²) in [6.45, 7) is 2.57. The highest BCUT2D eigenvalue weighted by Gasteiger charge is 2.12. The van der Waals surface area contributed by atoms with E-state index in [-0.39, 0.29) is 11.5 Å². The Labute approximate surface area is 155 Å². The zero-order valence-electron chi connectivity index (χ0n) is 14.5. The maximum atomic E-state index is 10.2. The molecule has 1 aromatic heterocycles. The quantitative estimate of drug-likeness (QED) is 0.676. The molecule has 0 atom stereocenters. The van der Waals surface area contributed by atoms with Crippen molar-refractivity contribution >= 4 is 17.6 Å². The van der Waals surface area contributed by atoms with Gasteiger partial charge >= 0.3 is 0 Å². The summed E-state index contributed by atoms with van der Waals surface area (Å²) >= 11 is 1.42. The standard InChI is InChI=1S/C19H19N3O3S/c1-3-25-15-7-4-13(5-8-15)11-21-22-17(12-26-19(22)20-2)16-9-6-14(23)10-18(16)24/h4-12,23-24H,3H2,1-2H3/b20-19?,21-11+. The van der Waals surface area contributed by atoms with Crippen LogP contribution in [0.4, 0.5) is 0 Å². The summed E-state index contributed by atoms with van der Waals surface area (Å²) in [6.07, 6.45) is 1.72. The second kappa shape index (κ2) is 7.88. The molecule has 1 heterocycles. The van der Waals surface area contributed by atoms with E-state index in [4.69, 9.17) is 4.74 Å². The minimum atomic E-state index is -0.0181. The molecule has 0 amide bonds. The smallest absolute Gasteiger partial charge is 0.205 e. The third-order valence-electron chi connectivity index (χ3n) is 3.65. The van der Waals surface area contributed by atoms with Crippen LogP contribution in [-0.4, -0.2) is 34.8 Å². The normalized spacial score (nSPS) is 12.0. The fourth-order valence-corrected chi connectivity index (χ4v) is 3.22. The van der Waals surface area contributed by atoms with Gasteiger partial charge in [0, 0.05) is 24.1 Å². The van der Waals surface area contributed by atoms with Gasteiger partial charge in [-0.25, -0.2) is 4.68 Å². The largest absolute Gasteiger partial charge is 0.508 e. The monoisotopic (exact) mass is 369 g/mol. The first-order chi connectivity index (χ1) is 12.6. The van der Waals surface area contributed by atoms with E-state index in [1.165, 1.54) is 23.5 Å². The number of hydrogen-bond donors (Lipinski definition) is 2. The Morgan fingerprint density at radius 3 is 2.58 bits per heavy atom. The summed E-state index contributed by atoms with van der Waals surface area (Å²) in [5.74, 6) is 0.800. The van der Waals surface area contributed by atoms with Crippen molar-refractivity contribution in [3.63, 3.8) is 0 Å². The van der Waals surface area contributed by atoms with E-state index in [0.29, 0.717) is 22.7 Å². The van der Waals surface area contributed by atoms with Gasteiger partial charge in [-0.05, 0) is 48.9 Å². The van der Waals surface area contributed by atoms with Crippen molar-refractivity contribution in [2.24, 2.45) is 10.1 Å². The molecule has 7 heteroatoms. The highest BCUT2D eigenvalue weighted by atomic mass is 32.1. The van der Waals surface area contributed by atoms with E-state index in [1.807, 2.05) is 36.6 Å². The van der Waals surface area contributed by atoms with Crippen LogP contribution in [0.1, 0.15) is 12.5 Å². The molecule has 0 spiro atoms. The van der Waals surface area contributed by atoms with Gasteiger partial charge in [-0.15, -0.1) is 11.3 Å². The molecule has 0 saturated heterocycles. The lowest BCUT2D eigenvalue weighted by molar-refractivity contribution is 0.340. The van der Waals surface area contributed by atoms with Crippen LogP contribution in [0.25, 0.3) is 11.3 Å². The van der Waals surface area contributed by atoms with E-state index < -0.39 is 0 Å². The number of phenolic OH excluding ortho intramolecular Hbond substituents is 2. The molecular formula is C19H19N3O3S. The van der Waals surface area contributed by atoms with E-state index in [1.54, 1.807) is 24.0 Å². The number of phenols is 2. The molecule has 3 aromatic rings. The summed E-state index contributed by atoms with van der Waals surface area (Å²) in [5.41, 5.74) is 2.17. The van der Waals surface area contributed by atoms with Gasteiger partial charge in [0.2, 0.25) is 4.80 Å². The van der Waals surface area contributed by atoms with Crippen LogP contribution in [0.3, 0.4) is 0 Å². The summed E-state index contributed by atoms with van der Waals surface area (Å²) < 4.78 is 7.10. The lowest BCUT2D eigenvalue weighted by atomic mass is 10.1. The highest BCUT2D eigenvalue weighted by Crippen LogP contribution is 2.32. The van der Waals surface area contributed by atoms with Gasteiger partial charge in [-0.2, -0.15) is 5.10 Å². The van der Waals surface area contributed by atoms with Crippen molar-refractivity contribution in [2.45, 2.75) is 6.92 Å². The predicted octanol–water partition coefficient (Wildman–Crippen LogP) is 3.44. The van der Waals surface area contributed by atoms with Crippen LogP contribution in [0.2, 0.25) is 0 Å². The SMILES string of the molecule is CCOc1ccc(/C=N/n2c(-c3ccc(O)cc3O)csc2=NC)cc1. The van der Waals surface area contributed by atoms with Gasteiger partial charge in [0.05, 0.1) is 18.5 Å². The minimum Gasteiger partial charge on any atom is -0.508 e. The van der Waals surface area contributed by atoms with E-state index in [9.17, 15) is 10.2 Å². The molecule has 6 nitrogen and oxygen atoms in total. The molecule has 0 unspecified atom stereocenters. The van der Waals surface area contributed by atoms with Crippen LogP contribution in [0.15, 0.2) is 57.9 Å². The lowest BCUT2D eigenvalue weighted by Gasteiger charge is -2.06. The molecule has 134 valence electrons. The molecule has 0 aliphatic rings. The summed E-state index contributed by atoms with van der Waals surface area (Å²) in [5, 5.41) is 26.0. The molecule has 0 aliphatic heterocycles. The fourth-order valence-electron chi connectivity index (χ4n) is 2.43. The zero-order valence-corrected chi connectivity index (χ0v) is 15.3. The molecule has 0 aliphatic carbocycles. The average molecular weight is 369 g/mol. The maximum absolute atomic E-state index is 10.2. The first-order valence-electron chi connectivity index (χ1n) is 8.05. The molecule has 0 saturated carbocycles. The number of aromatic nitrogens is 1. The van der Waals surface area contributed by atoms with Crippen molar-refractivity contribution < 1.29 is 14.9 Å². The number of aromatic hydroxyl groups is 2. The Balaban J connectivity index is 1.98. The minimum absolute atomic E-state index is 0.00585. The van der Waals surface area contributed by atoms with Gasteiger partial charge in [0.15, 0.2) is 0 Å². The number of benzene rings is 2. The second-order valence-corrected chi connectivity index (χ2v) is 6.22. The summed E-state index contributed by atoms with van der Waals surface area (Å²) in [7, 11) is 1.69. The van der Waals surface area contributed by atoms with Gasteiger partial charge in [-0.1, -0.05) is 0 Å². The van der Waals surface area contributed by atoms with Crippen LogP contribution in [-0.2, 0) is 0 Å². The molecule has 2 aromatic carbocycles. The van der Waals surface area contributed by atoms with Crippen molar-refractivity contribution in [1.82, 2.24) is 4.68 Å². The van der Waals surface area contributed by atoms with Crippen molar-refractivity contribution in [1.29, 1.82) is 0 Å². The van der Waals surface area contributed by atoms with Gasteiger partial charge < -0.3 is 14.9 Å². The Morgan fingerprint density at radius 2 is 1.92 bits per heavy atom. The van der Waals surface area contributed by atoms with E-state index >= 15 is 0 Å². The first kappa shape index (κ1) is 17.8. The Kier molecular flexibility index (Phi) is 5.38. The first-order valence-corrected chi connectivity index (χ1v) is 8.93. The van der Waals surface area contributed by atoms with Gasteiger partial charge in [0.25, 0.3) is 0 Å². The second-order valence-electron chi connectivity index (χ2n) is 5.39. The molecular weight excluding hydrogens is 350 g/mol. The van der Waals surface area contributed by atoms with Crippen molar-refractivity contribution in [3.8, 4) is 28.5 Å². The number of hydrogen-bond acceptors (Lipinski definition) is 6. The van der Waals surface area contributed by atoms with Crippen LogP contribution in [0.5, 0.6) is 17.2 Å². The molecule has 0 fully saturated rings. The topological polar surface area (TPSA) is 79.3 Å². The number of thiazole rings is 1. The number of rotatable bonds is 5. The zero-order chi connectivity index (χ0) is 18.5. The van der Waals surface area contributed by atoms with Crippen molar-refractivity contribution in [2.75, 3.05) is 13.7 Å². The molecule has 2 N–H and O–H groups in total. The van der Waals surface area contributed by atoms with E-state index in [0.717, 1.165) is 11.3 Å². The molecule has 3 rings (SSSR count). The molecule has 0 radical (unpaired) electrons. The number of nitrogens with zero attached hydrogens (tertiary/aromatic N) is 3. The third-order valence-corrected chi connectivity index (χ3v) is 4.55. The average Bonchev–Trinajstić information content (AvgIpc) is 3.04. The summed E-state index contributed by atoms with van der Waals surface area (Å²) in [4.78, 5) is 4.92. The third kappa shape index (κ3) is 3.78. The molecule has 0 bridgehead atoms. The van der Waals surface area contributed by atoms with Crippen LogP contribution >= 0.6 is 11.3 Å². The summed E-state index contributed by atoms with van der Waals surface area (Å²) in [6, 6.07) is 12.1.